The van der Waals surface area contributed by atoms with Crippen molar-refractivity contribution < 1.29 is 32.2 Å². The molecule has 0 aliphatic rings. The van der Waals surface area contributed by atoms with E-state index in [4.69, 9.17) is 18.9 Å². The van der Waals surface area contributed by atoms with E-state index in [2.05, 4.69) is 6.58 Å². The molecule has 0 aromatic heterocycles. The first-order valence-corrected chi connectivity index (χ1v) is 10.1. The third-order valence-electron chi connectivity index (χ3n) is 4.13. The smallest absolute Gasteiger partial charge is 0.264 e. The molecule has 1 N–H and O–H groups in total. The highest BCUT2D eigenvalue weighted by atomic mass is 32.2. The van der Waals surface area contributed by atoms with Crippen LogP contribution in [0.1, 0.15) is 11.1 Å². The molecule has 0 aliphatic carbocycles. The average Bonchev–Trinajstić information content (AvgIpc) is 2.75. The Morgan fingerprint density at radius 2 is 1.30 bits per heavy atom. The lowest BCUT2D eigenvalue weighted by atomic mass is 10.1. The summed E-state index contributed by atoms with van der Waals surface area (Å²) in [6, 6.07) is 9.87. The molecule has 0 spiro atoms. The summed E-state index contributed by atoms with van der Waals surface area (Å²) in [5.41, 5.74) is 0.610. The van der Waals surface area contributed by atoms with E-state index in [1.54, 1.807) is 36.4 Å². The monoisotopic (exact) mass is 433 g/mol. The van der Waals surface area contributed by atoms with E-state index in [-0.39, 0.29) is 22.0 Å². The fourth-order valence-corrected chi connectivity index (χ4v) is 3.62. The fourth-order valence-electron chi connectivity index (χ4n) is 2.69. The number of methoxy groups -OCH3 is 4. The molecular weight excluding hydrogens is 410 g/mol. The van der Waals surface area contributed by atoms with Crippen molar-refractivity contribution in [3.63, 3.8) is 0 Å². The van der Waals surface area contributed by atoms with Crippen LogP contribution in [0.2, 0.25) is 0 Å². The van der Waals surface area contributed by atoms with Crippen LogP contribution in [0.15, 0.2) is 49.1 Å². The quantitative estimate of drug-likeness (QED) is 0.607. The average molecular weight is 433 g/mol. The van der Waals surface area contributed by atoms with E-state index >= 15 is 0 Å². The third kappa shape index (κ3) is 4.93. The first-order valence-electron chi connectivity index (χ1n) is 8.65. The number of carbonyl (C=O) groups is 1. The number of nitrogens with one attached hydrogen (secondary N) is 1. The van der Waals surface area contributed by atoms with Gasteiger partial charge in [0.2, 0.25) is 0 Å². The van der Waals surface area contributed by atoms with Gasteiger partial charge in [-0.2, -0.15) is 0 Å². The molecule has 0 aliphatic heterocycles. The van der Waals surface area contributed by atoms with Gasteiger partial charge in [0.15, 0.2) is 0 Å². The number of amides is 1. The molecule has 2 aromatic rings. The van der Waals surface area contributed by atoms with Crippen molar-refractivity contribution in [3.8, 4) is 23.0 Å². The SMILES string of the molecule is C=C(c1c(OC)cccc1OC)S(=O)(=O)NC(=O)C=Cc1c(OC)cccc1OC. The number of ether oxygens (including phenoxy) is 4. The molecule has 0 saturated heterocycles. The van der Waals surface area contributed by atoms with E-state index in [0.717, 1.165) is 6.08 Å². The predicted molar refractivity (Wildman–Crippen MR) is 114 cm³/mol. The van der Waals surface area contributed by atoms with Crippen LogP contribution in [-0.4, -0.2) is 42.8 Å². The maximum atomic E-state index is 12.7. The Balaban J connectivity index is 2.30. The molecule has 0 unspecified atom stereocenters. The minimum Gasteiger partial charge on any atom is -0.496 e. The van der Waals surface area contributed by atoms with Crippen LogP contribution in [0.4, 0.5) is 0 Å². The molecule has 1 amide bonds. The van der Waals surface area contributed by atoms with Gasteiger partial charge in [-0.1, -0.05) is 18.7 Å². The van der Waals surface area contributed by atoms with Crippen LogP contribution in [-0.2, 0) is 14.8 Å². The number of hydrogen-bond donors (Lipinski definition) is 1. The largest absolute Gasteiger partial charge is 0.496 e. The molecule has 30 heavy (non-hydrogen) atoms. The number of rotatable bonds is 9. The Kier molecular flexibility index (Phi) is 7.48. The molecule has 2 rings (SSSR count). The van der Waals surface area contributed by atoms with Crippen LogP contribution in [0, 0.1) is 0 Å². The lowest BCUT2D eigenvalue weighted by Crippen LogP contribution is -2.29. The zero-order chi connectivity index (χ0) is 22.3. The van der Waals surface area contributed by atoms with Gasteiger partial charge >= 0.3 is 0 Å². The van der Waals surface area contributed by atoms with Crippen molar-refractivity contribution in [1.29, 1.82) is 0 Å². The highest BCUT2D eigenvalue weighted by Gasteiger charge is 2.25. The summed E-state index contributed by atoms with van der Waals surface area (Å²) < 4.78 is 48.3. The zero-order valence-electron chi connectivity index (χ0n) is 17.1. The second kappa shape index (κ2) is 9.84. The molecular formula is C21H23NO7S. The molecule has 0 fully saturated rings. The molecule has 9 heteroatoms. The van der Waals surface area contributed by atoms with Crippen molar-refractivity contribution in [2.24, 2.45) is 0 Å². The fraction of sp³-hybridized carbons (Fsp3) is 0.190. The highest BCUT2D eigenvalue weighted by Crippen LogP contribution is 2.36. The molecule has 160 valence electrons. The maximum absolute atomic E-state index is 12.7. The Hall–Kier alpha value is -3.46. The van der Waals surface area contributed by atoms with Crippen molar-refractivity contribution in [2.75, 3.05) is 28.4 Å². The molecule has 0 saturated carbocycles. The van der Waals surface area contributed by atoms with Crippen LogP contribution in [0.3, 0.4) is 0 Å². The first-order chi connectivity index (χ1) is 14.3. The van der Waals surface area contributed by atoms with Crippen molar-refractivity contribution in [1.82, 2.24) is 4.72 Å². The van der Waals surface area contributed by atoms with Gasteiger partial charge in [-0.05, 0) is 30.3 Å². The Morgan fingerprint density at radius 3 is 1.73 bits per heavy atom. The second-order valence-electron chi connectivity index (χ2n) is 5.84. The molecule has 2 aromatic carbocycles. The molecule has 0 heterocycles. The van der Waals surface area contributed by atoms with Crippen LogP contribution >= 0.6 is 0 Å². The van der Waals surface area contributed by atoms with Gasteiger partial charge in [0.1, 0.15) is 23.0 Å². The van der Waals surface area contributed by atoms with E-state index in [9.17, 15) is 13.2 Å². The summed E-state index contributed by atoms with van der Waals surface area (Å²) in [6.45, 7) is 3.61. The highest BCUT2D eigenvalue weighted by molar-refractivity contribution is 7.99. The molecule has 8 nitrogen and oxygen atoms in total. The third-order valence-corrected chi connectivity index (χ3v) is 5.46. The van der Waals surface area contributed by atoms with Gasteiger partial charge in [0.25, 0.3) is 15.9 Å². The van der Waals surface area contributed by atoms with Crippen LogP contribution in [0.25, 0.3) is 11.0 Å². The van der Waals surface area contributed by atoms with Gasteiger partial charge in [-0.25, -0.2) is 13.1 Å². The van der Waals surface area contributed by atoms with Crippen molar-refractivity contribution in [3.05, 3.63) is 60.2 Å². The maximum Gasteiger partial charge on any atom is 0.264 e. The molecule has 0 bridgehead atoms. The van der Waals surface area contributed by atoms with Gasteiger partial charge in [0.05, 0.1) is 44.5 Å². The van der Waals surface area contributed by atoms with Crippen LogP contribution in [0.5, 0.6) is 23.0 Å². The van der Waals surface area contributed by atoms with Gasteiger partial charge < -0.3 is 18.9 Å². The summed E-state index contributed by atoms with van der Waals surface area (Å²) in [5, 5.41) is 0. The van der Waals surface area contributed by atoms with E-state index in [0.29, 0.717) is 17.1 Å². The number of benzene rings is 2. The predicted octanol–water partition coefficient (Wildman–Crippen LogP) is 2.85. The van der Waals surface area contributed by atoms with Gasteiger partial charge in [-0.15, -0.1) is 0 Å². The summed E-state index contributed by atoms with van der Waals surface area (Å²) in [6.07, 6.45) is 2.46. The minimum atomic E-state index is -4.28. The molecule has 0 atom stereocenters. The minimum absolute atomic E-state index is 0.123. The molecule has 0 radical (unpaired) electrons. The van der Waals surface area contributed by atoms with E-state index in [1.807, 2.05) is 4.72 Å². The number of sulfonamides is 1. The van der Waals surface area contributed by atoms with E-state index in [1.165, 1.54) is 34.5 Å². The van der Waals surface area contributed by atoms with E-state index < -0.39 is 15.9 Å². The topological polar surface area (TPSA) is 100 Å². The Bertz CT molecular complexity index is 1030. The zero-order valence-corrected chi connectivity index (χ0v) is 17.9. The van der Waals surface area contributed by atoms with Gasteiger partial charge in [-0.3, -0.25) is 4.79 Å². The lowest BCUT2D eigenvalue weighted by molar-refractivity contribution is -0.114. The van der Waals surface area contributed by atoms with Gasteiger partial charge in [0, 0.05) is 6.08 Å². The summed E-state index contributed by atoms with van der Waals surface area (Å²) in [4.78, 5) is 11.9. The number of carbonyl (C=O) groups excluding carboxylic acids is 1. The lowest BCUT2D eigenvalue weighted by Gasteiger charge is -2.15. The summed E-state index contributed by atoms with van der Waals surface area (Å²) in [7, 11) is 1.44. The second-order valence-corrected chi connectivity index (χ2v) is 7.54. The number of hydrogen-bond acceptors (Lipinski definition) is 7. The Labute approximate surface area is 175 Å². The van der Waals surface area contributed by atoms with Crippen molar-refractivity contribution >= 4 is 26.9 Å². The van der Waals surface area contributed by atoms with Crippen LogP contribution < -0.4 is 23.7 Å². The standard InChI is InChI=1S/C21H23NO7S/c1-14(21-18(28-4)10-7-11-19(21)29-5)30(24,25)22-20(23)13-12-15-16(26-2)8-6-9-17(15)27-3/h6-13H,1H2,2-5H3,(H,22,23). The van der Waals surface area contributed by atoms with Crippen molar-refractivity contribution in [2.45, 2.75) is 0 Å². The normalized spacial score (nSPS) is 11.1. The summed E-state index contributed by atoms with van der Waals surface area (Å²) in [5.74, 6) is 0.532. The summed E-state index contributed by atoms with van der Waals surface area (Å²) >= 11 is 0. The first kappa shape index (κ1) is 22.8. The Morgan fingerprint density at radius 1 is 0.867 bits per heavy atom.